The molecule has 0 saturated carbocycles. The number of benzene rings is 1. The maximum atomic E-state index is 12.2. The molecule has 2 rings (SSSR count). The van der Waals surface area contributed by atoms with Crippen molar-refractivity contribution in [3.05, 3.63) is 36.7 Å². The molecule has 15 heteroatoms. The number of para-hydroxylation sites is 2. The fourth-order valence-electron chi connectivity index (χ4n) is 1.47. The van der Waals surface area contributed by atoms with Crippen molar-refractivity contribution >= 4 is 21.2 Å². The Morgan fingerprint density at radius 1 is 0.889 bits per heavy atom. The van der Waals surface area contributed by atoms with Gasteiger partial charge in [-0.15, -0.1) is 0 Å². The van der Waals surface area contributed by atoms with E-state index in [1.807, 2.05) is 30.5 Å². The predicted octanol–water partition coefficient (Wildman–Crippen LogP) is 3.01. The molecule has 1 heterocycles. The zero-order valence-corrected chi connectivity index (χ0v) is 13.3. The zero-order chi connectivity index (χ0) is 21.3. The van der Waals surface area contributed by atoms with Crippen LogP contribution in [0.2, 0.25) is 0 Å². The van der Waals surface area contributed by atoms with Crippen LogP contribution in [0.3, 0.4) is 0 Å². The maximum Gasteiger partial charge on any atom is 0.460 e. The molecule has 0 aliphatic heterocycles. The first-order valence-electron chi connectivity index (χ1n) is 6.34. The molecule has 0 atom stereocenters. The molecule has 0 amide bonds. The first kappa shape index (κ1) is 22.9. The monoisotopic (exact) mass is 430 g/mol. The molecular formula is C12H7F9N2O3S. The van der Waals surface area contributed by atoms with Gasteiger partial charge in [0.2, 0.25) is 5.52 Å². The third kappa shape index (κ3) is 4.23. The third-order valence-corrected chi connectivity index (χ3v) is 3.75. The first-order chi connectivity index (χ1) is 12.0. The number of nitrogens with zero attached hydrogens (tertiary/aromatic N) is 1. The number of nitrogens with one attached hydrogen (secondary N) is 1. The van der Waals surface area contributed by atoms with Crippen LogP contribution < -0.4 is 4.98 Å². The number of rotatable bonds is 3. The van der Waals surface area contributed by atoms with E-state index >= 15 is 0 Å². The van der Waals surface area contributed by atoms with Crippen molar-refractivity contribution < 1.29 is 57.5 Å². The van der Waals surface area contributed by atoms with Crippen LogP contribution in [0.25, 0.3) is 11.0 Å². The van der Waals surface area contributed by atoms with Crippen LogP contribution in [-0.4, -0.2) is 41.2 Å². The van der Waals surface area contributed by atoms with Gasteiger partial charge >= 0.3 is 23.3 Å². The van der Waals surface area contributed by atoms with Gasteiger partial charge in [0.1, 0.15) is 5.52 Å². The Hall–Kier alpha value is -2.16. The van der Waals surface area contributed by atoms with E-state index < -0.39 is 33.4 Å². The molecule has 152 valence electrons. The summed E-state index contributed by atoms with van der Waals surface area (Å²) in [5.41, 5.74) is 2.08. The standard InChI is InChI=1S/C8H6N2.C4HF9O3S/c1-2-4-8-7(3-1)9-5-6-10-8;5-1(6,3(9,10)11)2(7,8)4(12,13)17(14,15)16/h1-6H;(H,14,15,16). The first-order valence-corrected chi connectivity index (χ1v) is 7.74. The van der Waals surface area contributed by atoms with Crippen molar-refractivity contribution in [3.63, 3.8) is 0 Å². The molecule has 27 heavy (non-hydrogen) atoms. The Labute approximate surface area is 144 Å². The molecule has 1 aromatic heterocycles. The summed E-state index contributed by atoms with van der Waals surface area (Å²) < 4.78 is 135. The fraction of sp³-hybridized carbons (Fsp3) is 0.333. The number of halogens is 9. The molecule has 0 unspecified atom stereocenters. The highest BCUT2D eigenvalue weighted by Crippen LogP contribution is 2.54. The van der Waals surface area contributed by atoms with Crippen molar-refractivity contribution in [1.82, 2.24) is 4.98 Å². The second-order valence-electron chi connectivity index (χ2n) is 4.72. The summed E-state index contributed by atoms with van der Waals surface area (Å²) in [6.07, 6.45) is -3.59. The highest BCUT2D eigenvalue weighted by atomic mass is 32.2. The number of H-pyrrole nitrogens is 1. The SMILES string of the molecule is O=S(=O)([O-])C(F)(F)C(F)(F)C(F)(F)C(F)(F)F.c1ccc2[nH+]ccnc2c1. The smallest absolute Gasteiger partial charge is 0.460 e. The van der Waals surface area contributed by atoms with Gasteiger partial charge in [0.15, 0.2) is 16.3 Å². The van der Waals surface area contributed by atoms with Gasteiger partial charge in [-0.1, -0.05) is 12.1 Å². The van der Waals surface area contributed by atoms with Crippen LogP contribution >= 0.6 is 0 Å². The van der Waals surface area contributed by atoms with E-state index in [0.717, 1.165) is 11.0 Å². The minimum Gasteiger partial charge on any atom is -0.743 e. The minimum atomic E-state index is -7.43. The average molecular weight is 430 g/mol. The number of alkyl halides is 9. The Bertz CT molecular complexity index is 835. The largest absolute Gasteiger partial charge is 0.743 e. The lowest BCUT2D eigenvalue weighted by Crippen LogP contribution is -2.63. The fourth-order valence-corrected chi connectivity index (χ4v) is 1.91. The van der Waals surface area contributed by atoms with Crippen molar-refractivity contribution in [2.45, 2.75) is 23.3 Å². The summed E-state index contributed by atoms with van der Waals surface area (Å²) in [5.74, 6) is -14.8. The van der Waals surface area contributed by atoms with Gasteiger partial charge in [-0.25, -0.2) is 18.4 Å². The van der Waals surface area contributed by atoms with Crippen LogP contribution in [0.4, 0.5) is 39.5 Å². The second kappa shape index (κ2) is 7.10. The van der Waals surface area contributed by atoms with Crippen LogP contribution in [0, 0.1) is 0 Å². The Kier molecular flexibility index (Phi) is 6.02. The highest BCUT2D eigenvalue weighted by molar-refractivity contribution is 7.86. The zero-order valence-electron chi connectivity index (χ0n) is 12.4. The van der Waals surface area contributed by atoms with Crippen molar-refractivity contribution in [2.24, 2.45) is 0 Å². The van der Waals surface area contributed by atoms with Crippen LogP contribution in [-0.2, 0) is 10.1 Å². The molecule has 0 aliphatic rings. The summed E-state index contributed by atoms with van der Waals surface area (Å²) in [6, 6.07) is 7.94. The molecular weight excluding hydrogens is 423 g/mol. The molecule has 5 nitrogen and oxygen atoms in total. The van der Waals surface area contributed by atoms with Gasteiger partial charge in [-0.2, -0.15) is 39.5 Å². The summed E-state index contributed by atoms with van der Waals surface area (Å²) in [4.78, 5) is 7.24. The van der Waals surface area contributed by atoms with Crippen LogP contribution in [0.1, 0.15) is 0 Å². The lowest BCUT2D eigenvalue weighted by molar-refractivity contribution is -0.382. The third-order valence-electron chi connectivity index (χ3n) is 2.86. The van der Waals surface area contributed by atoms with Gasteiger partial charge in [-0.05, 0) is 6.07 Å². The second-order valence-corrected chi connectivity index (χ2v) is 6.14. The summed E-state index contributed by atoms with van der Waals surface area (Å²) in [7, 11) is -7.42. The number of aromatic nitrogens is 2. The van der Waals surface area contributed by atoms with E-state index in [2.05, 4.69) is 9.97 Å². The van der Waals surface area contributed by atoms with E-state index in [1.54, 1.807) is 6.20 Å². The van der Waals surface area contributed by atoms with E-state index in [1.165, 1.54) is 0 Å². The molecule has 0 bridgehead atoms. The van der Waals surface area contributed by atoms with Crippen LogP contribution in [0.15, 0.2) is 36.7 Å². The summed E-state index contributed by atoms with van der Waals surface area (Å²) in [6.45, 7) is 0. The van der Waals surface area contributed by atoms with E-state index in [0.29, 0.717) is 0 Å². The number of fused-ring (bicyclic) bond motifs is 1. The van der Waals surface area contributed by atoms with Gasteiger partial charge < -0.3 is 4.55 Å². The van der Waals surface area contributed by atoms with Gasteiger partial charge in [0.05, 0.1) is 6.20 Å². The predicted molar refractivity (Wildman–Crippen MR) is 68.9 cm³/mol. The van der Waals surface area contributed by atoms with Gasteiger partial charge in [-0.3, -0.25) is 0 Å². The number of hydrogen-bond donors (Lipinski definition) is 0. The van der Waals surface area contributed by atoms with E-state index in [-0.39, 0.29) is 0 Å². The summed E-state index contributed by atoms with van der Waals surface area (Å²) >= 11 is 0. The van der Waals surface area contributed by atoms with Gasteiger partial charge in [0, 0.05) is 6.07 Å². The van der Waals surface area contributed by atoms with Gasteiger partial charge in [0.25, 0.3) is 0 Å². The molecule has 1 aromatic carbocycles. The highest BCUT2D eigenvalue weighted by Gasteiger charge is 2.83. The van der Waals surface area contributed by atoms with Crippen molar-refractivity contribution in [1.29, 1.82) is 0 Å². The van der Waals surface area contributed by atoms with Crippen molar-refractivity contribution in [3.8, 4) is 0 Å². The Morgan fingerprint density at radius 3 is 1.85 bits per heavy atom. The lowest BCUT2D eigenvalue weighted by atomic mass is 10.1. The van der Waals surface area contributed by atoms with Crippen molar-refractivity contribution in [2.75, 3.05) is 0 Å². The van der Waals surface area contributed by atoms with Crippen LogP contribution in [0.5, 0.6) is 0 Å². The molecule has 0 aliphatic carbocycles. The molecule has 0 fully saturated rings. The van der Waals surface area contributed by atoms with E-state index in [4.69, 9.17) is 0 Å². The maximum absolute atomic E-state index is 12.2. The topological polar surface area (TPSA) is 84.2 Å². The summed E-state index contributed by atoms with van der Waals surface area (Å²) in [5, 5.41) is -7.11. The normalized spacial score (nSPS) is 13.9. The van der Waals surface area contributed by atoms with E-state index in [9.17, 15) is 52.5 Å². The number of hydrogen-bond acceptors (Lipinski definition) is 4. The Balaban J connectivity index is 0.000000303. The molecule has 2 aromatic rings. The minimum absolute atomic E-state index is 1.00. The molecule has 0 radical (unpaired) electrons. The molecule has 0 spiro atoms. The average Bonchev–Trinajstić information content (AvgIpc) is 2.53. The number of aromatic amines is 1. The lowest BCUT2D eigenvalue weighted by Gasteiger charge is -2.34. The quantitative estimate of drug-likeness (QED) is 0.554. The molecule has 0 saturated heterocycles. The molecule has 1 N–H and O–H groups in total. The Morgan fingerprint density at radius 2 is 1.41 bits per heavy atom.